The molecule has 1 N–H and O–H groups in total. The maximum Gasteiger partial charge on any atom is 0.320 e. The van der Waals surface area contributed by atoms with E-state index in [-0.39, 0.29) is 5.91 Å². The smallest absolute Gasteiger partial charge is 0.320 e. The topological polar surface area (TPSA) is 98.8 Å². The Morgan fingerprint density at radius 2 is 1.43 bits per heavy atom. The van der Waals surface area contributed by atoms with Gasteiger partial charge in [0.05, 0.1) is 14.2 Å². The zero-order valence-electron chi connectivity index (χ0n) is 13.4. The highest BCUT2D eigenvalue weighted by atomic mass is 16.5. The molecule has 0 spiro atoms. The molecule has 1 aromatic rings. The minimum absolute atomic E-state index is 0.228. The number of amides is 1. The van der Waals surface area contributed by atoms with Crippen molar-refractivity contribution in [2.75, 3.05) is 19.5 Å². The average Bonchev–Trinajstić information content (AvgIpc) is 2.53. The van der Waals surface area contributed by atoms with Crippen molar-refractivity contribution in [3.8, 4) is 0 Å². The number of Topliss-reactive ketones (excluding diaryl/α,β-unsaturated/α-hetero) is 1. The number of carbonyl (C=O) groups is 4. The van der Waals surface area contributed by atoms with Crippen molar-refractivity contribution in [2.24, 2.45) is 11.8 Å². The van der Waals surface area contributed by atoms with Crippen LogP contribution in [0.15, 0.2) is 24.3 Å². The Balaban J connectivity index is 2.99. The van der Waals surface area contributed by atoms with E-state index in [1.807, 2.05) is 0 Å². The number of benzene rings is 1. The van der Waals surface area contributed by atoms with Gasteiger partial charge >= 0.3 is 11.9 Å². The highest BCUT2D eigenvalue weighted by Gasteiger charge is 2.38. The first-order chi connectivity index (χ1) is 10.8. The third-order valence-electron chi connectivity index (χ3n) is 3.31. The molecule has 0 fully saturated rings. The first-order valence-corrected chi connectivity index (χ1v) is 6.89. The van der Waals surface area contributed by atoms with E-state index in [0.29, 0.717) is 11.3 Å². The van der Waals surface area contributed by atoms with Crippen LogP contribution in [-0.4, -0.2) is 37.8 Å². The minimum atomic E-state index is -1.33. The van der Waals surface area contributed by atoms with Gasteiger partial charge in [0.1, 0.15) is 0 Å². The molecule has 0 heterocycles. The summed E-state index contributed by atoms with van der Waals surface area (Å²) in [6.07, 6.45) is 0. The summed E-state index contributed by atoms with van der Waals surface area (Å²) in [6, 6.07) is 6.14. The van der Waals surface area contributed by atoms with Crippen molar-refractivity contribution >= 4 is 29.3 Å². The lowest BCUT2D eigenvalue weighted by atomic mass is 9.87. The molecule has 0 saturated carbocycles. The van der Waals surface area contributed by atoms with E-state index >= 15 is 0 Å². The number of hydrogen-bond donors (Lipinski definition) is 1. The molecule has 1 atom stereocenters. The monoisotopic (exact) mass is 321 g/mol. The molecule has 1 aromatic carbocycles. The van der Waals surface area contributed by atoms with E-state index in [1.54, 1.807) is 12.1 Å². The molecular weight excluding hydrogens is 302 g/mol. The van der Waals surface area contributed by atoms with Gasteiger partial charge in [0.25, 0.3) is 0 Å². The SMILES string of the molecule is COC(=O)C(C(=O)OC)C(C)C(=O)c1ccc(NC(C)=O)cc1. The first kappa shape index (κ1) is 18.3. The number of carbonyl (C=O) groups excluding carboxylic acids is 4. The van der Waals surface area contributed by atoms with Gasteiger partial charge in [0.15, 0.2) is 11.7 Å². The van der Waals surface area contributed by atoms with E-state index in [9.17, 15) is 19.2 Å². The number of esters is 2. The van der Waals surface area contributed by atoms with Crippen LogP contribution >= 0.6 is 0 Å². The van der Waals surface area contributed by atoms with Crippen molar-refractivity contribution in [1.29, 1.82) is 0 Å². The predicted molar refractivity (Wildman–Crippen MR) is 81.8 cm³/mol. The molecule has 7 heteroatoms. The van der Waals surface area contributed by atoms with E-state index in [2.05, 4.69) is 14.8 Å². The second-order valence-electron chi connectivity index (χ2n) is 4.94. The first-order valence-electron chi connectivity index (χ1n) is 6.89. The van der Waals surface area contributed by atoms with Crippen LogP contribution in [0.4, 0.5) is 5.69 Å². The lowest BCUT2D eigenvalue weighted by molar-refractivity contribution is -0.160. The number of anilines is 1. The summed E-state index contributed by atoms with van der Waals surface area (Å²) in [6.45, 7) is 2.83. The van der Waals surface area contributed by atoms with Crippen molar-refractivity contribution in [3.63, 3.8) is 0 Å². The normalized spacial score (nSPS) is 11.5. The third kappa shape index (κ3) is 4.64. The maximum atomic E-state index is 12.5. The van der Waals surface area contributed by atoms with Crippen molar-refractivity contribution < 1.29 is 28.7 Å². The zero-order valence-corrected chi connectivity index (χ0v) is 13.4. The number of ether oxygens (including phenoxy) is 2. The minimum Gasteiger partial charge on any atom is -0.468 e. The molecule has 1 unspecified atom stereocenters. The summed E-state index contributed by atoms with van der Waals surface area (Å²) < 4.78 is 9.13. The highest BCUT2D eigenvalue weighted by molar-refractivity contribution is 6.06. The van der Waals surface area contributed by atoms with Gasteiger partial charge in [-0.25, -0.2) is 0 Å². The Morgan fingerprint density at radius 1 is 0.957 bits per heavy atom. The number of hydrogen-bond acceptors (Lipinski definition) is 6. The Labute approximate surface area is 134 Å². The van der Waals surface area contributed by atoms with Gasteiger partial charge in [0.2, 0.25) is 5.91 Å². The van der Waals surface area contributed by atoms with Crippen LogP contribution in [0.25, 0.3) is 0 Å². The number of ketones is 1. The molecule has 23 heavy (non-hydrogen) atoms. The van der Waals surface area contributed by atoms with Gasteiger partial charge < -0.3 is 14.8 Å². The van der Waals surface area contributed by atoms with Crippen LogP contribution in [0.3, 0.4) is 0 Å². The summed E-state index contributed by atoms with van der Waals surface area (Å²) >= 11 is 0. The maximum absolute atomic E-state index is 12.5. The van der Waals surface area contributed by atoms with E-state index in [4.69, 9.17) is 0 Å². The Hall–Kier alpha value is -2.70. The van der Waals surface area contributed by atoms with Crippen LogP contribution in [0, 0.1) is 11.8 Å². The largest absolute Gasteiger partial charge is 0.468 e. The average molecular weight is 321 g/mol. The van der Waals surface area contributed by atoms with Gasteiger partial charge in [-0.1, -0.05) is 6.92 Å². The van der Waals surface area contributed by atoms with Crippen LogP contribution < -0.4 is 5.32 Å². The van der Waals surface area contributed by atoms with Crippen LogP contribution in [0.5, 0.6) is 0 Å². The third-order valence-corrected chi connectivity index (χ3v) is 3.31. The second-order valence-corrected chi connectivity index (χ2v) is 4.94. The molecule has 124 valence electrons. The second kappa shape index (κ2) is 8.07. The lowest BCUT2D eigenvalue weighted by Gasteiger charge is -2.18. The van der Waals surface area contributed by atoms with E-state index in [0.717, 1.165) is 14.2 Å². The van der Waals surface area contributed by atoms with Gasteiger partial charge in [0, 0.05) is 24.1 Å². The molecule has 0 bridgehead atoms. The molecule has 1 rings (SSSR count). The van der Waals surface area contributed by atoms with Crippen LogP contribution in [-0.2, 0) is 23.9 Å². The Bertz CT molecular complexity index is 592. The van der Waals surface area contributed by atoms with Gasteiger partial charge in [-0.15, -0.1) is 0 Å². The Kier molecular flexibility index (Phi) is 6.44. The summed E-state index contributed by atoms with van der Waals surface area (Å²) in [5.41, 5.74) is 0.851. The molecule has 0 aliphatic heterocycles. The van der Waals surface area contributed by atoms with Gasteiger partial charge in [-0.05, 0) is 24.3 Å². The van der Waals surface area contributed by atoms with E-state index < -0.39 is 29.6 Å². The van der Waals surface area contributed by atoms with Gasteiger partial charge in [-0.3, -0.25) is 19.2 Å². The van der Waals surface area contributed by atoms with Crippen molar-refractivity contribution in [1.82, 2.24) is 0 Å². The quantitative estimate of drug-likeness (QED) is 0.483. The van der Waals surface area contributed by atoms with Crippen molar-refractivity contribution in [3.05, 3.63) is 29.8 Å². The fourth-order valence-electron chi connectivity index (χ4n) is 2.09. The van der Waals surface area contributed by atoms with Crippen molar-refractivity contribution in [2.45, 2.75) is 13.8 Å². The molecule has 0 aliphatic carbocycles. The van der Waals surface area contributed by atoms with Crippen LogP contribution in [0.1, 0.15) is 24.2 Å². The summed E-state index contributed by atoms with van der Waals surface area (Å²) in [5, 5.41) is 2.58. The van der Waals surface area contributed by atoms with E-state index in [1.165, 1.54) is 26.0 Å². The molecule has 0 aliphatic rings. The van der Waals surface area contributed by atoms with Gasteiger partial charge in [-0.2, -0.15) is 0 Å². The summed E-state index contributed by atoms with van der Waals surface area (Å²) in [4.78, 5) is 46.9. The number of methoxy groups -OCH3 is 2. The highest BCUT2D eigenvalue weighted by Crippen LogP contribution is 2.21. The molecule has 1 amide bonds. The molecule has 0 saturated heterocycles. The molecule has 0 aromatic heterocycles. The predicted octanol–water partition coefficient (Wildman–Crippen LogP) is 1.43. The number of rotatable bonds is 6. The standard InChI is InChI=1S/C16H19NO6/c1-9(13(15(20)22-3)16(21)23-4)14(19)11-5-7-12(8-6-11)17-10(2)18/h5-9,13H,1-4H3,(H,17,18). The zero-order chi connectivity index (χ0) is 17.6. The molecule has 0 radical (unpaired) electrons. The van der Waals surface area contributed by atoms with Crippen LogP contribution in [0.2, 0.25) is 0 Å². The lowest BCUT2D eigenvalue weighted by Crippen LogP contribution is -2.36. The fraction of sp³-hybridized carbons (Fsp3) is 0.375. The Morgan fingerprint density at radius 3 is 1.83 bits per heavy atom. The summed E-state index contributed by atoms with van der Waals surface area (Å²) in [5.74, 6) is -4.55. The molecular formula is C16H19NO6. The summed E-state index contributed by atoms with van der Waals surface area (Å²) in [7, 11) is 2.27. The molecule has 7 nitrogen and oxygen atoms in total. The fourth-order valence-corrected chi connectivity index (χ4v) is 2.09. The number of nitrogens with one attached hydrogen (secondary N) is 1.